The molecular weight excluding hydrogens is 376 g/mol. The molecule has 0 unspecified atom stereocenters. The predicted octanol–water partition coefficient (Wildman–Crippen LogP) is 2.90. The first kappa shape index (κ1) is 18.9. The summed E-state index contributed by atoms with van der Waals surface area (Å²) < 4.78 is 5.21. The highest BCUT2D eigenvalue weighted by molar-refractivity contribution is 6.31. The molecule has 1 fully saturated rings. The van der Waals surface area contributed by atoms with Crippen molar-refractivity contribution in [1.82, 2.24) is 19.8 Å². The Kier molecular flexibility index (Phi) is 5.62. The summed E-state index contributed by atoms with van der Waals surface area (Å²) in [5.41, 5.74) is 1.81. The van der Waals surface area contributed by atoms with Crippen LogP contribution in [0.4, 0.5) is 0 Å². The number of ether oxygens (including phenoxy) is 1. The number of benzene rings is 2. The molecule has 1 N–H and O–H groups in total. The van der Waals surface area contributed by atoms with Gasteiger partial charge in [0.1, 0.15) is 11.6 Å². The summed E-state index contributed by atoms with van der Waals surface area (Å²) in [4.78, 5) is 24.5. The van der Waals surface area contributed by atoms with Gasteiger partial charge in [0, 0.05) is 37.7 Å². The number of aromatic amines is 1. The molecule has 146 valence electrons. The van der Waals surface area contributed by atoms with E-state index in [9.17, 15) is 4.79 Å². The maximum absolute atomic E-state index is 12.3. The van der Waals surface area contributed by atoms with E-state index in [1.54, 1.807) is 25.3 Å². The molecule has 2 heterocycles. The lowest BCUT2D eigenvalue weighted by atomic mass is 10.2. The fourth-order valence-corrected chi connectivity index (χ4v) is 3.71. The highest BCUT2D eigenvalue weighted by Gasteiger charge is 2.18. The van der Waals surface area contributed by atoms with E-state index in [1.165, 1.54) is 5.56 Å². The summed E-state index contributed by atoms with van der Waals surface area (Å²) in [5, 5.41) is 1.15. The topological polar surface area (TPSA) is 61.5 Å². The first-order chi connectivity index (χ1) is 13.6. The van der Waals surface area contributed by atoms with Gasteiger partial charge in [0.25, 0.3) is 5.56 Å². The molecule has 0 amide bonds. The number of piperazine rings is 1. The van der Waals surface area contributed by atoms with Crippen LogP contribution < -0.4 is 10.3 Å². The van der Waals surface area contributed by atoms with E-state index in [0.29, 0.717) is 28.3 Å². The quantitative estimate of drug-likeness (QED) is 0.716. The molecule has 28 heavy (non-hydrogen) atoms. The van der Waals surface area contributed by atoms with E-state index in [0.717, 1.165) is 38.5 Å². The smallest absolute Gasteiger partial charge is 0.258 e. The van der Waals surface area contributed by atoms with Gasteiger partial charge >= 0.3 is 0 Å². The molecule has 7 heteroatoms. The van der Waals surface area contributed by atoms with Crippen LogP contribution >= 0.6 is 11.6 Å². The number of nitrogens with one attached hydrogen (secondary N) is 1. The number of rotatable bonds is 5. The van der Waals surface area contributed by atoms with Crippen LogP contribution in [0.1, 0.15) is 11.4 Å². The molecule has 1 aliphatic heterocycles. The van der Waals surface area contributed by atoms with Crippen LogP contribution in [0.2, 0.25) is 5.02 Å². The van der Waals surface area contributed by atoms with Gasteiger partial charge in [-0.1, -0.05) is 23.7 Å². The summed E-state index contributed by atoms with van der Waals surface area (Å²) in [7, 11) is 1.68. The van der Waals surface area contributed by atoms with E-state index in [4.69, 9.17) is 16.3 Å². The summed E-state index contributed by atoms with van der Waals surface area (Å²) in [6, 6.07) is 13.4. The van der Waals surface area contributed by atoms with Crippen LogP contribution in [0.3, 0.4) is 0 Å². The zero-order valence-corrected chi connectivity index (χ0v) is 16.6. The zero-order chi connectivity index (χ0) is 19.5. The second kappa shape index (κ2) is 8.31. The van der Waals surface area contributed by atoms with Crippen LogP contribution in [-0.4, -0.2) is 53.1 Å². The maximum atomic E-state index is 12.3. The van der Waals surface area contributed by atoms with Crippen molar-refractivity contribution in [3.8, 4) is 5.75 Å². The fraction of sp³-hybridized carbons (Fsp3) is 0.333. The van der Waals surface area contributed by atoms with Crippen molar-refractivity contribution >= 4 is 22.5 Å². The number of fused-ring (bicyclic) bond motifs is 1. The molecule has 3 aromatic rings. The summed E-state index contributed by atoms with van der Waals surface area (Å²) in [6.07, 6.45) is 0. The molecule has 2 aromatic carbocycles. The number of methoxy groups -OCH3 is 1. The summed E-state index contributed by atoms with van der Waals surface area (Å²) in [5.74, 6) is 1.56. The molecule has 0 radical (unpaired) electrons. The number of hydrogen-bond donors (Lipinski definition) is 1. The minimum absolute atomic E-state index is 0.116. The van der Waals surface area contributed by atoms with Crippen LogP contribution in [0.5, 0.6) is 5.75 Å². The average molecular weight is 399 g/mol. The average Bonchev–Trinajstić information content (AvgIpc) is 2.70. The van der Waals surface area contributed by atoms with Gasteiger partial charge in [0.2, 0.25) is 0 Å². The molecule has 0 saturated carbocycles. The van der Waals surface area contributed by atoms with Crippen LogP contribution in [0.15, 0.2) is 47.3 Å². The van der Waals surface area contributed by atoms with Crippen molar-refractivity contribution in [2.75, 3.05) is 33.3 Å². The Morgan fingerprint density at radius 3 is 2.39 bits per heavy atom. The summed E-state index contributed by atoms with van der Waals surface area (Å²) in [6.45, 7) is 5.40. The van der Waals surface area contributed by atoms with Crippen LogP contribution in [0.25, 0.3) is 10.9 Å². The third-order valence-electron chi connectivity index (χ3n) is 5.12. The van der Waals surface area contributed by atoms with Crippen molar-refractivity contribution in [3.63, 3.8) is 0 Å². The molecule has 6 nitrogen and oxygen atoms in total. The maximum Gasteiger partial charge on any atom is 0.258 e. The van der Waals surface area contributed by atoms with Gasteiger partial charge in [-0.2, -0.15) is 0 Å². The van der Waals surface area contributed by atoms with Crippen molar-refractivity contribution < 1.29 is 4.74 Å². The SMILES string of the molecule is COc1ccc(CN2CCN(Cc3nc4cc(Cl)ccc4c(=O)[nH]3)CC2)cc1. The Balaban J connectivity index is 1.36. The van der Waals surface area contributed by atoms with Crippen molar-refractivity contribution in [2.24, 2.45) is 0 Å². The fourth-order valence-electron chi connectivity index (χ4n) is 3.54. The molecule has 1 saturated heterocycles. The highest BCUT2D eigenvalue weighted by Crippen LogP contribution is 2.16. The minimum Gasteiger partial charge on any atom is -0.497 e. The number of halogens is 1. The van der Waals surface area contributed by atoms with Crippen LogP contribution in [0, 0.1) is 0 Å². The number of H-pyrrole nitrogens is 1. The van der Waals surface area contributed by atoms with Gasteiger partial charge in [-0.3, -0.25) is 14.6 Å². The first-order valence-electron chi connectivity index (χ1n) is 9.37. The van der Waals surface area contributed by atoms with Crippen LogP contribution in [-0.2, 0) is 13.1 Å². The lowest BCUT2D eigenvalue weighted by Gasteiger charge is -2.34. The largest absolute Gasteiger partial charge is 0.497 e. The summed E-state index contributed by atoms with van der Waals surface area (Å²) >= 11 is 6.04. The van der Waals surface area contributed by atoms with Gasteiger partial charge in [-0.25, -0.2) is 4.98 Å². The van der Waals surface area contributed by atoms with E-state index >= 15 is 0 Å². The van der Waals surface area contributed by atoms with Gasteiger partial charge < -0.3 is 9.72 Å². The molecule has 0 atom stereocenters. The third kappa shape index (κ3) is 4.35. The second-order valence-electron chi connectivity index (χ2n) is 7.07. The van der Waals surface area contributed by atoms with Crippen molar-refractivity contribution in [2.45, 2.75) is 13.1 Å². The lowest BCUT2D eigenvalue weighted by molar-refractivity contribution is 0.120. The Hall–Kier alpha value is -2.41. The molecule has 0 spiro atoms. The number of hydrogen-bond acceptors (Lipinski definition) is 5. The van der Waals surface area contributed by atoms with Gasteiger partial charge in [0.15, 0.2) is 0 Å². The van der Waals surface area contributed by atoms with Crippen molar-refractivity contribution in [3.05, 3.63) is 69.2 Å². The second-order valence-corrected chi connectivity index (χ2v) is 7.51. The Morgan fingerprint density at radius 2 is 1.71 bits per heavy atom. The predicted molar refractivity (Wildman–Crippen MR) is 111 cm³/mol. The Labute approximate surface area is 168 Å². The van der Waals surface area contributed by atoms with Gasteiger partial charge in [0.05, 0.1) is 24.6 Å². The van der Waals surface area contributed by atoms with E-state index in [-0.39, 0.29) is 5.56 Å². The molecule has 0 aliphatic carbocycles. The van der Waals surface area contributed by atoms with E-state index in [2.05, 4.69) is 31.9 Å². The highest BCUT2D eigenvalue weighted by atomic mass is 35.5. The lowest BCUT2D eigenvalue weighted by Crippen LogP contribution is -2.45. The van der Waals surface area contributed by atoms with E-state index in [1.807, 2.05) is 12.1 Å². The van der Waals surface area contributed by atoms with Crippen molar-refractivity contribution in [1.29, 1.82) is 0 Å². The molecule has 4 rings (SSSR count). The minimum atomic E-state index is -0.116. The molecule has 1 aromatic heterocycles. The third-order valence-corrected chi connectivity index (χ3v) is 5.36. The normalized spacial score (nSPS) is 15.8. The monoisotopic (exact) mass is 398 g/mol. The van der Waals surface area contributed by atoms with Gasteiger partial charge in [-0.15, -0.1) is 0 Å². The molecular formula is C21H23ClN4O2. The van der Waals surface area contributed by atoms with Gasteiger partial charge in [-0.05, 0) is 35.9 Å². The standard InChI is InChI=1S/C21H23ClN4O2/c1-28-17-5-2-15(3-6-17)13-25-8-10-26(11-9-25)14-20-23-19-12-16(22)4-7-18(19)21(27)24-20/h2-7,12H,8-11,13-14H2,1H3,(H,23,24,27). The number of aromatic nitrogens is 2. The Morgan fingerprint density at radius 1 is 1.04 bits per heavy atom. The van der Waals surface area contributed by atoms with E-state index < -0.39 is 0 Å². The number of nitrogens with zero attached hydrogens (tertiary/aromatic N) is 3. The molecule has 0 bridgehead atoms. The molecule has 1 aliphatic rings. The first-order valence-corrected chi connectivity index (χ1v) is 9.74. The zero-order valence-electron chi connectivity index (χ0n) is 15.8. The Bertz CT molecular complexity index is 1010.